The number of rotatable bonds is 5. The number of aliphatic carboxylic acids is 1. The largest absolute Gasteiger partial charge is 0.480 e. The Kier molecular flexibility index (Phi) is 4.01. The monoisotopic (exact) mass is 292 g/mol. The Morgan fingerprint density at radius 2 is 1.86 bits per heavy atom. The highest BCUT2D eigenvalue weighted by Gasteiger charge is 2.18. The third kappa shape index (κ3) is 3.06. The summed E-state index contributed by atoms with van der Waals surface area (Å²) in [5.41, 5.74) is 2.87. The molecule has 3 rings (SSSR count). The Morgan fingerprint density at radius 1 is 1.14 bits per heavy atom. The fraction of sp³-hybridized carbons (Fsp3) is 0.111. The van der Waals surface area contributed by atoms with Crippen LogP contribution in [-0.2, 0) is 11.2 Å². The van der Waals surface area contributed by atoms with Crippen molar-refractivity contribution in [3.63, 3.8) is 0 Å². The number of aromatic nitrogens is 1. The number of H-pyrrole nitrogens is 1. The number of carboxylic acids is 1. The molecule has 0 unspecified atom stereocenters. The van der Waals surface area contributed by atoms with E-state index in [1.807, 2.05) is 60.8 Å². The lowest BCUT2D eigenvalue weighted by molar-refractivity contribution is -0.138. The number of nitrogens with one attached hydrogen (secondary N) is 1. The van der Waals surface area contributed by atoms with Crippen LogP contribution in [0.1, 0.15) is 11.1 Å². The number of carbonyl (C=O) groups is 1. The van der Waals surface area contributed by atoms with Gasteiger partial charge >= 0.3 is 5.97 Å². The van der Waals surface area contributed by atoms with Gasteiger partial charge in [-0.05, 0) is 17.2 Å². The Hall–Kier alpha value is -2.88. The maximum absolute atomic E-state index is 11.5. The number of fused-ring (bicyclic) bond motifs is 1. The van der Waals surface area contributed by atoms with Crippen LogP contribution >= 0.6 is 0 Å². The second kappa shape index (κ2) is 6.26. The highest BCUT2D eigenvalue weighted by molar-refractivity contribution is 5.86. The SMILES string of the molecule is O=C(O)[C@H](Cc1c[nH]c2ccccc12)N=Cc1ccccc1. The Bertz CT molecular complexity index is 806. The number of aromatic amines is 1. The third-order valence-corrected chi connectivity index (χ3v) is 3.58. The zero-order chi connectivity index (χ0) is 15.4. The summed E-state index contributed by atoms with van der Waals surface area (Å²) < 4.78 is 0. The lowest BCUT2D eigenvalue weighted by Crippen LogP contribution is -2.20. The first-order valence-corrected chi connectivity index (χ1v) is 7.10. The number of carboxylic acid groups (broad SMARTS) is 1. The summed E-state index contributed by atoms with van der Waals surface area (Å²) in [5.74, 6) is -0.919. The summed E-state index contributed by atoms with van der Waals surface area (Å²) in [6.45, 7) is 0. The van der Waals surface area contributed by atoms with Crippen LogP contribution in [0.25, 0.3) is 10.9 Å². The number of hydrogen-bond donors (Lipinski definition) is 2. The summed E-state index contributed by atoms with van der Waals surface area (Å²) in [6, 6.07) is 16.6. The van der Waals surface area contributed by atoms with Crippen LogP contribution in [0.5, 0.6) is 0 Å². The Morgan fingerprint density at radius 3 is 2.64 bits per heavy atom. The molecular weight excluding hydrogens is 276 g/mol. The van der Waals surface area contributed by atoms with Crippen LogP contribution in [0, 0.1) is 0 Å². The highest BCUT2D eigenvalue weighted by atomic mass is 16.4. The molecular formula is C18H16N2O2. The van der Waals surface area contributed by atoms with Gasteiger partial charge < -0.3 is 10.1 Å². The van der Waals surface area contributed by atoms with Crippen molar-refractivity contribution in [3.8, 4) is 0 Å². The molecule has 0 saturated carbocycles. The summed E-state index contributed by atoms with van der Waals surface area (Å²) >= 11 is 0. The standard InChI is InChI=1S/C18H16N2O2/c21-18(22)17(19-11-13-6-2-1-3-7-13)10-14-12-20-16-9-5-4-8-15(14)16/h1-9,11-12,17,20H,10H2,(H,21,22)/t17-/m0/s1. The van der Waals surface area contributed by atoms with Gasteiger partial charge in [0.05, 0.1) is 0 Å². The molecule has 0 aliphatic heterocycles. The summed E-state index contributed by atoms with van der Waals surface area (Å²) in [6.07, 6.45) is 3.84. The first-order chi connectivity index (χ1) is 10.7. The zero-order valence-electron chi connectivity index (χ0n) is 11.9. The number of nitrogens with zero attached hydrogens (tertiary/aromatic N) is 1. The third-order valence-electron chi connectivity index (χ3n) is 3.58. The van der Waals surface area contributed by atoms with Crippen LogP contribution in [0.2, 0.25) is 0 Å². The average molecular weight is 292 g/mol. The van der Waals surface area contributed by atoms with Crippen molar-refractivity contribution in [3.05, 3.63) is 71.9 Å². The Labute approximate surface area is 128 Å². The number of benzene rings is 2. The fourth-order valence-corrected chi connectivity index (χ4v) is 2.43. The maximum Gasteiger partial charge on any atom is 0.328 e. The molecule has 0 spiro atoms. The van der Waals surface area contributed by atoms with Gasteiger partial charge in [-0.2, -0.15) is 0 Å². The zero-order valence-corrected chi connectivity index (χ0v) is 11.9. The first kappa shape index (κ1) is 14.1. The van der Waals surface area contributed by atoms with Crippen molar-refractivity contribution in [1.29, 1.82) is 0 Å². The summed E-state index contributed by atoms with van der Waals surface area (Å²) in [7, 11) is 0. The van der Waals surface area contributed by atoms with Gasteiger partial charge in [0.1, 0.15) is 0 Å². The van der Waals surface area contributed by atoms with E-state index in [9.17, 15) is 9.90 Å². The minimum absolute atomic E-state index is 0.364. The van der Waals surface area contributed by atoms with E-state index in [1.54, 1.807) is 6.21 Å². The van der Waals surface area contributed by atoms with Crippen LogP contribution in [0.4, 0.5) is 0 Å². The Balaban J connectivity index is 1.83. The number of para-hydroxylation sites is 1. The van der Waals surface area contributed by atoms with Gasteiger partial charge in [-0.25, -0.2) is 4.79 Å². The topological polar surface area (TPSA) is 65.4 Å². The molecule has 4 heteroatoms. The van der Waals surface area contributed by atoms with Gasteiger partial charge in [0.25, 0.3) is 0 Å². The molecule has 4 nitrogen and oxygen atoms in total. The maximum atomic E-state index is 11.5. The van der Waals surface area contributed by atoms with E-state index in [1.165, 1.54) is 0 Å². The smallest absolute Gasteiger partial charge is 0.328 e. The number of aliphatic imine (C=N–C) groups is 1. The average Bonchev–Trinajstić information content (AvgIpc) is 2.95. The molecule has 0 fully saturated rings. The van der Waals surface area contributed by atoms with Gasteiger partial charge in [0, 0.05) is 29.7 Å². The molecule has 110 valence electrons. The second-order valence-electron chi connectivity index (χ2n) is 5.11. The molecule has 0 radical (unpaired) electrons. The normalized spacial score (nSPS) is 12.7. The minimum Gasteiger partial charge on any atom is -0.480 e. The van der Waals surface area contributed by atoms with Gasteiger partial charge in [0.2, 0.25) is 0 Å². The molecule has 0 aliphatic carbocycles. The number of hydrogen-bond acceptors (Lipinski definition) is 2. The van der Waals surface area contributed by atoms with Gasteiger partial charge in [-0.1, -0.05) is 48.5 Å². The van der Waals surface area contributed by atoms with Crippen molar-refractivity contribution in [1.82, 2.24) is 4.98 Å². The van der Waals surface area contributed by atoms with E-state index < -0.39 is 12.0 Å². The van der Waals surface area contributed by atoms with E-state index in [0.29, 0.717) is 6.42 Å². The molecule has 22 heavy (non-hydrogen) atoms. The fourth-order valence-electron chi connectivity index (χ4n) is 2.43. The molecule has 1 heterocycles. The quantitative estimate of drug-likeness (QED) is 0.709. The minimum atomic E-state index is -0.919. The van der Waals surface area contributed by atoms with Crippen LogP contribution in [0.15, 0.2) is 65.8 Å². The molecule has 2 N–H and O–H groups in total. The van der Waals surface area contributed by atoms with E-state index in [0.717, 1.165) is 22.0 Å². The van der Waals surface area contributed by atoms with Crippen molar-refractivity contribution < 1.29 is 9.90 Å². The predicted molar refractivity (Wildman–Crippen MR) is 87.5 cm³/mol. The van der Waals surface area contributed by atoms with Gasteiger partial charge in [-0.15, -0.1) is 0 Å². The van der Waals surface area contributed by atoms with Crippen molar-refractivity contribution in [2.24, 2.45) is 4.99 Å². The molecule has 2 aromatic carbocycles. The molecule has 0 saturated heterocycles. The lowest BCUT2D eigenvalue weighted by atomic mass is 10.1. The van der Waals surface area contributed by atoms with E-state index >= 15 is 0 Å². The van der Waals surface area contributed by atoms with Crippen LogP contribution in [-0.4, -0.2) is 28.3 Å². The molecule has 1 aromatic heterocycles. The molecule has 0 bridgehead atoms. The highest BCUT2D eigenvalue weighted by Crippen LogP contribution is 2.20. The van der Waals surface area contributed by atoms with Gasteiger partial charge in [0.15, 0.2) is 6.04 Å². The lowest BCUT2D eigenvalue weighted by Gasteiger charge is -2.06. The summed E-state index contributed by atoms with van der Waals surface area (Å²) in [5, 5.41) is 10.4. The molecule has 1 atom stereocenters. The first-order valence-electron chi connectivity index (χ1n) is 7.10. The van der Waals surface area contributed by atoms with Crippen LogP contribution < -0.4 is 0 Å². The van der Waals surface area contributed by atoms with E-state index in [-0.39, 0.29) is 0 Å². The molecule has 3 aromatic rings. The van der Waals surface area contributed by atoms with Crippen molar-refractivity contribution >= 4 is 23.1 Å². The van der Waals surface area contributed by atoms with Crippen molar-refractivity contribution in [2.45, 2.75) is 12.5 Å². The molecule has 0 amide bonds. The predicted octanol–water partition coefficient (Wildman–Crippen LogP) is 3.28. The summed E-state index contributed by atoms with van der Waals surface area (Å²) in [4.78, 5) is 18.9. The second-order valence-corrected chi connectivity index (χ2v) is 5.11. The van der Waals surface area contributed by atoms with E-state index in [2.05, 4.69) is 9.98 Å². The van der Waals surface area contributed by atoms with Crippen molar-refractivity contribution in [2.75, 3.05) is 0 Å². The van der Waals surface area contributed by atoms with Gasteiger partial charge in [-0.3, -0.25) is 4.99 Å². The van der Waals surface area contributed by atoms with Crippen LogP contribution in [0.3, 0.4) is 0 Å². The van der Waals surface area contributed by atoms with E-state index in [4.69, 9.17) is 0 Å². The molecule has 0 aliphatic rings.